The fraction of sp³-hybridized carbons (Fsp3) is 0.389. The molecule has 3 rings (SSSR count). The highest BCUT2D eigenvalue weighted by atomic mass is 32.1. The van der Waals surface area contributed by atoms with E-state index >= 15 is 0 Å². The maximum Gasteiger partial charge on any atom is 0.291 e. The molecule has 25 heavy (non-hydrogen) atoms. The highest BCUT2D eigenvalue weighted by Crippen LogP contribution is 2.30. The van der Waals surface area contributed by atoms with Crippen LogP contribution in [0.25, 0.3) is 0 Å². The van der Waals surface area contributed by atoms with Crippen LogP contribution in [0.4, 0.5) is 0 Å². The van der Waals surface area contributed by atoms with Crippen LogP contribution in [-0.2, 0) is 11.2 Å². The number of aromatic nitrogens is 2. The Hall–Kier alpha value is -2.41. The van der Waals surface area contributed by atoms with Gasteiger partial charge in [-0.1, -0.05) is 42.8 Å². The van der Waals surface area contributed by atoms with Gasteiger partial charge in [0.25, 0.3) is 5.91 Å². The molecule has 1 aromatic rings. The van der Waals surface area contributed by atoms with Crippen molar-refractivity contribution < 1.29 is 9.59 Å². The molecule has 6 nitrogen and oxygen atoms in total. The van der Waals surface area contributed by atoms with Crippen LogP contribution in [0.15, 0.2) is 40.6 Å². The zero-order valence-electron chi connectivity index (χ0n) is 14.3. The molecule has 0 saturated heterocycles. The monoisotopic (exact) mass is 356 g/mol. The summed E-state index contributed by atoms with van der Waals surface area (Å²) < 4.78 is 3.86. The van der Waals surface area contributed by atoms with Crippen molar-refractivity contribution in [1.29, 1.82) is 0 Å². The molecule has 0 fully saturated rings. The molecule has 2 aliphatic rings. The summed E-state index contributed by atoms with van der Waals surface area (Å²) in [4.78, 5) is 29.0. The fourth-order valence-corrected chi connectivity index (χ4v) is 3.59. The molecule has 1 atom stereocenters. The van der Waals surface area contributed by atoms with Crippen molar-refractivity contribution in [2.24, 2.45) is 10.9 Å². The van der Waals surface area contributed by atoms with Gasteiger partial charge in [0.1, 0.15) is 4.88 Å². The van der Waals surface area contributed by atoms with E-state index in [1.54, 1.807) is 12.2 Å². The molecule has 1 N–H and O–H groups in total. The van der Waals surface area contributed by atoms with E-state index in [-0.39, 0.29) is 17.7 Å². The van der Waals surface area contributed by atoms with E-state index in [9.17, 15) is 9.59 Å². The van der Waals surface area contributed by atoms with E-state index in [2.05, 4.69) is 26.8 Å². The lowest BCUT2D eigenvalue weighted by Crippen LogP contribution is -2.33. The van der Waals surface area contributed by atoms with Crippen molar-refractivity contribution in [3.63, 3.8) is 0 Å². The van der Waals surface area contributed by atoms with Crippen molar-refractivity contribution >= 4 is 29.1 Å². The topological polar surface area (TPSA) is 84.3 Å². The van der Waals surface area contributed by atoms with Gasteiger partial charge in [-0.15, -0.1) is 5.10 Å². The van der Waals surface area contributed by atoms with E-state index in [0.717, 1.165) is 42.1 Å². The first-order chi connectivity index (χ1) is 12.1. The Bertz CT molecular complexity index is 817. The van der Waals surface area contributed by atoms with Crippen molar-refractivity contribution in [3.05, 3.63) is 46.1 Å². The lowest BCUT2D eigenvalue weighted by atomic mass is 9.85. The number of amides is 2. The second kappa shape index (κ2) is 7.65. The number of hydrogen-bond donors (Lipinski definition) is 1. The highest BCUT2D eigenvalue weighted by Gasteiger charge is 2.26. The van der Waals surface area contributed by atoms with Gasteiger partial charge in [0.15, 0.2) is 0 Å². The minimum Gasteiger partial charge on any atom is -0.325 e. The predicted molar refractivity (Wildman–Crippen MR) is 97.5 cm³/mol. The minimum absolute atomic E-state index is 0.0624. The summed E-state index contributed by atoms with van der Waals surface area (Å²) in [5, 5.41) is 6.86. The molecular weight excluding hydrogens is 336 g/mol. The third-order valence-electron chi connectivity index (χ3n) is 4.09. The second-order valence-corrected chi connectivity index (χ2v) is 6.79. The van der Waals surface area contributed by atoms with Crippen LogP contribution in [0.5, 0.6) is 0 Å². The number of nitrogens with one attached hydrogen (secondary N) is 1. The summed E-state index contributed by atoms with van der Waals surface area (Å²) in [6, 6.07) is 0. The summed E-state index contributed by atoms with van der Waals surface area (Å²) in [6.07, 6.45) is 10.7. The number of rotatable bonds is 5. The van der Waals surface area contributed by atoms with Crippen LogP contribution in [0.3, 0.4) is 0 Å². The lowest BCUT2D eigenvalue weighted by molar-refractivity contribution is -0.116. The van der Waals surface area contributed by atoms with Gasteiger partial charge < -0.3 is 5.32 Å². The second-order valence-electron chi connectivity index (χ2n) is 6.04. The van der Waals surface area contributed by atoms with Crippen LogP contribution in [-0.4, -0.2) is 27.1 Å². The Morgan fingerprint density at radius 3 is 2.84 bits per heavy atom. The van der Waals surface area contributed by atoms with Gasteiger partial charge in [-0.25, -0.2) is 4.99 Å². The Kier molecular flexibility index (Phi) is 5.33. The Balaban J connectivity index is 1.84. The number of hydrogen-bond acceptors (Lipinski definition) is 5. The number of aryl methyl sites for hydroxylation is 1. The van der Waals surface area contributed by atoms with E-state index in [1.165, 1.54) is 0 Å². The molecule has 0 bridgehead atoms. The van der Waals surface area contributed by atoms with Crippen LogP contribution < -0.4 is 5.32 Å². The van der Waals surface area contributed by atoms with Gasteiger partial charge in [-0.3, -0.25) is 9.59 Å². The van der Waals surface area contributed by atoms with Crippen molar-refractivity contribution in [2.75, 3.05) is 0 Å². The van der Waals surface area contributed by atoms with E-state index in [0.29, 0.717) is 22.7 Å². The quantitative estimate of drug-likeness (QED) is 0.879. The molecule has 7 heteroatoms. The summed E-state index contributed by atoms with van der Waals surface area (Å²) in [5.41, 5.74) is 3.11. The van der Waals surface area contributed by atoms with Gasteiger partial charge in [0, 0.05) is 17.7 Å². The molecular formula is C18H20N4O2S. The number of fused-ring (bicyclic) bond motifs is 1. The first-order valence-corrected chi connectivity index (χ1v) is 9.25. The van der Waals surface area contributed by atoms with Crippen LogP contribution in [0, 0.1) is 5.92 Å². The molecule has 0 aromatic carbocycles. The number of nitrogens with zero attached hydrogens (tertiary/aromatic N) is 3. The van der Waals surface area contributed by atoms with Crippen molar-refractivity contribution in [3.8, 4) is 0 Å². The molecule has 1 aliphatic heterocycles. The first-order valence-electron chi connectivity index (χ1n) is 8.47. The SMILES string of the molecule is CCCC1=CC(=O)NC2=CC(=NC(=O)c3snnc3CCC)C=CC12. The zero-order chi connectivity index (χ0) is 17.8. The van der Waals surface area contributed by atoms with Crippen LogP contribution >= 0.6 is 11.5 Å². The maximum absolute atomic E-state index is 12.4. The standard InChI is InChI=1S/C18H20N4O2S/c1-3-5-11-9-16(23)20-15-10-12(7-8-13(11)15)19-18(24)17-14(6-4-2)21-22-25-17/h7-10,13H,3-6H2,1-2H3,(H,20,23). The minimum atomic E-state index is -0.333. The molecule has 0 radical (unpaired) electrons. The molecule has 1 unspecified atom stereocenters. The lowest BCUT2D eigenvalue weighted by Gasteiger charge is -2.27. The predicted octanol–water partition coefficient (Wildman–Crippen LogP) is 3.00. The zero-order valence-corrected chi connectivity index (χ0v) is 15.1. The van der Waals surface area contributed by atoms with Crippen molar-refractivity contribution in [1.82, 2.24) is 14.9 Å². The Morgan fingerprint density at radius 2 is 2.08 bits per heavy atom. The van der Waals surface area contributed by atoms with Gasteiger partial charge >= 0.3 is 0 Å². The molecule has 2 heterocycles. The summed E-state index contributed by atoms with van der Waals surface area (Å²) in [5.74, 6) is -0.392. The maximum atomic E-state index is 12.4. The Morgan fingerprint density at radius 1 is 1.28 bits per heavy atom. The Labute approximate surface area is 150 Å². The first kappa shape index (κ1) is 17.4. The largest absolute Gasteiger partial charge is 0.325 e. The summed E-state index contributed by atoms with van der Waals surface area (Å²) in [6.45, 7) is 4.12. The third-order valence-corrected chi connectivity index (χ3v) is 4.84. The number of aliphatic imine (C=N–C) groups is 1. The van der Waals surface area contributed by atoms with Crippen LogP contribution in [0.2, 0.25) is 0 Å². The smallest absolute Gasteiger partial charge is 0.291 e. The molecule has 0 spiro atoms. The highest BCUT2D eigenvalue weighted by molar-refractivity contribution is 7.08. The van der Waals surface area contributed by atoms with Gasteiger partial charge in [-0.05, 0) is 36.5 Å². The summed E-state index contributed by atoms with van der Waals surface area (Å²) in [7, 11) is 0. The number of allylic oxidation sites excluding steroid dienone is 3. The van der Waals surface area contributed by atoms with Crippen LogP contribution in [0.1, 0.15) is 48.5 Å². The number of carbonyl (C=O) groups is 2. The summed E-state index contributed by atoms with van der Waals surface area (Å²) >= 11 is 1.07. The molecule has 130 valence electrons. The van der Waals surface area contributed by atoms with Crippen molar-refractivity contribution in [2.45, 2.75) is 39.5 Å². The number of carbonyl (C=O) groups excluding carboxylic acids is 2. The fourth-order valence-electron chi connectivity index (χ4n) is 2.99. The molecule has 0 saturated carbocycles. The van der Waals surface area contributed by atoms with Gasteiger partial charge in [0.05, 0.1) is 11.4 Å². The van der Waals surface area contributed by atoms with Gasteiger partial charge in [0.2, 0.25) is 5.91 Å². The van der Waals surface area contributed by atoms with E-state index in [4.69, 9.17) is 0 Å². The third kappa shape index (κ3) is 3.82. The molecule has 1 aliphatic carbocycles. The van der Waals surface area contributed by atoms with E-state index < -0.39 is 0 Å². The average Bonchev–Trinajstić information content (AvgIpc) is 3.03. The normalized spacial score (nSPS) is 20.8. The molecule has 1 aromatic heterocycles. The molecule has 2 amide bonds. The van der Waals surface area contributed by atoms with Gasteiger partial charge in [-0.2, -0.15) is 0 Å². The van der Waals surface area contributed by atoms with E-state index in [1.807, 2.05) is 19.1 Å². The average molecular weight is 356 g/mol.